The van der Waals surface area contributed by atoms with Crippen LogP contribution in [0.2, 0.25) is 0 Å². The second-order valence-electron chi connectivity index (χ2n) is 4.18. The van der Waals surface area contributed by atoms with Gasteiger partial charge in [0.15, 0.2) is 0 Å². The van der Waals surface area contributed by atoms with E-state index in [0.717, 1.165) is 26.2 Å². The van der Waals surface area contributed by atoms with E-state index in [-0.39, 0.29) is 5.82 Å². The summed E-state index contributed by atoms with van der Waals surface area (Å²) >= 11 is 0. The molecule has 15 heavy (non-hydrogen) atoms. The molecule has 2 saturated heterocycles. The van der Waals surface area contributed by atoms with E-state index < -0.39 is 0 Å². The van der Waals surface area contributed by atoms with Crippen molar-refractivity contribution in [3.05, 3.63) is 12.2 Å². The van der Waals surface area contributed by atoms with Crippen LogP contribution in [0.4, 0.5) is 5.95 Å². The van der Waals surface area contributed by atoms with Crippen LogP contribution in [0, 0.1) is 16.7 Å². The lowest BCUT2D eigenvalue weighted by Crippen LogP contribution is -2.71. The van der Waals surface area contributed by atoms with Gasteiger partial charge in [-0.3, -0.25) is 0 Å². The van der Waals surface area contributed by atoms with Gasteiger partial charge in [-0.25, -0.2) is 9.97 Å². The van der Waals surface area contributed by atoms with Gasteiger partial charge in [0.1, 0.15) is 12.4 Å². The predicted octanol–water partition coefficient (Wildman–Crippen LogP) is -0.847. The molecular formula is C9H10N6. The molecule has 2 aliphatic rings. The largest absolute Gasteiger partial charge is 0.339 e. The van der Waals surface area contributed by atoms with Gasteiger partial charge in [0, 0.05) is 31.6 Å². The van der Waals surface area contributed by atoms with Crippen molar-refractivity contribution in [3.63, 3.8) is 0 Å². The number of hydrogen-bond acceptors (Lipinski definition) is 6. The second-order valence-corrected chi connectivity index (χ2v) is 4.18. The first kappa shape index (κ1) is 8.56. The maximum atomic E-state index is 8.66. The zero-order chi connectivity index (χ0) is 10.3. The van der Waals surface area contributed by atoms with Crippen molar-refractivity contribution in [2.75, 3.05) is 31.1 Å². The van der Waals surface area contributed by atoms with Crippen molar-refractivity contribution < 1.29 is 0 Å². The molecule has 3 rings (SSSR count). The van der Waals surface area contributed by atoms with Gasteiger partial charge in [0.25, 0.3) is 0 Å². The molecule has 1 aromatic rings. The van der Waals surface area contributed by atoms with Gasteiger partial charge < -0.3 is 10.2 Å². The lowest BCUT2D eigenvalue weighted by atomic mass is 9.75. The monoisotopic (exact) mass is 202 g/mol. The molecule has 6 nitrogen and oxygen atoms in total. The summed E-state index contributed by atoms with van der Waals surface area (Å²) in [6, 6.07) is 1.92. The van der Waals surface area contributed by atoms with Crippen LogP contribution in [0.3, 0.4) is 0 Å². The Hall–Kier alpha value is -1.74. The van der Waals surface area contributed by atoms with Crippen LogP contribution in [0.1, 0.15) is 5.82 Å². The van der Waals surface area contributed by atoms with Crippen molar-refractivity contribution in [3.8, 4) is 6.07 Å². The number of nitriles is 1. The van der Waals surface area contributed by atoms with Crippen molar-refractivity contribution in [1.29, 1.82) is 5.26 Å². The molecule has 0 radical (unpaired) electrons. The van der Waals surface area contributed by atoms with E-state index in [2.05, 4.69) is 25.2 Å². The molecular weight excluding hydrogens is 192 g/mol. The first-order valence-corrected chi connectivity index (χ1v) is 4.86. The minimum Gasteiger partial charge on any atom is -0.339 e. The third-order valence-electron chi connectivity index (χ3n) is 2.99. The molecule has 0 unspecified atom stereocenters. The maximum absolute atomic E-state index is 8.66. The van der Waals surface area contributed by atoms with Crippen LogP contribution in [0.15, 0.2) is 6.33 Å². The molecule has 0 atom stereocenters. The Kier molecular flexibility index (Phi) is 1.64. The van der Waals surface area contributed by atoms with Crippen LogP contribution in [0.5, 0.6) is 0 Å². The topological polar surface area (TPSA) is 77.7 Å². The van der Waals surface area contributed by atoms with Crippen molar-refractivity contribution in [2.24, 2.45) is 5.41 Å². The Balaban J connectivity index is 1.75. The highest BCUT2D eigenvalue weighted by atomic mass is 15.3. The fourth-order valence-electron chi connectivity index (χ4n) is 2.10. The first-order chi connectivity index (χ1) is 7.31. The SMILES string of the molecule is N#Cc1ncnc(N2CC3(CNC3)C2)n1. The molecule has 3 heterocycles. The highest BCUT2D eigenvalue weighted by Crippen LogP contribution is 2.35. The second kappa shape index (κ2) is 2.87. The van der Waals surface area contributed by atoms with Gasteiger partial charge >= 0.3 is 0 Å². The van der Waals surface area contributed by atoms with Gasteiger partial charge in [-0.1, -0.05) is 0 Å². The summed E-state index contributed by atoms with van der Waals surface area (Å²) in [6.07, 6.45) is 1.39. The highest BCUT2D eigenvalue weighted by molar-refractivity contribution is 5.38. The van der Waals surface area contributed by atoms with Gasteiger partial charge in [0.2, 0.25) is 11.8 Å². The molecule has 76 valence electrons. The lowest BCUT2D eigenvalue weighted by molar-refractivity contribution is 0.119. The molecule has 0 saturated carbocycles. The molecule has 0 aliphatic carbocycles. The zero-order valence-electron chi connectivity index (χ0n) is 8.14. The average Bonchev–Trinajstić information content (AvgIpc) is 2.14. The summed E-state index contributed by atoms with van der Waals surface area (Å²) < 4.78 is 0. The van der Waals surface area contributed by atoms with E-state index in [9.17, 15) is 0 Å². The molecule has 0 aromatic carbocycles. The number of anilines is 1. The van der Waals surface area contributed by atoms with Crippen molar-refractivity contribution in [2.45, 2.75) is 0 Å². The summed E-state index contributed by atoms with van der Waals surface area (Å²) in [7, 11) is 0. The van der Waals surface area contributed by atoms with E-state index in [1.165, 1.54) is 6.33 Å². The summed E-state index contributed by atoms with van der Waals surface area (Å²) in [5.41, 5.74) is 0.444. The number of nitrogens with one attached hydrogen (secondary N) is 1. The molecule has 1 spiro atoms. The number of aromatic nitrogens is 3. The summed E-state index contributed by atoms with van der Waals surface area (Å²) in [4.78, 5) is 14.0. The van der Waals surface area contributed by atoms with E-state index in [0.29, 0.717) is 11.4 Å². The van der Waals surface area contributed by atoms with Crippen LogP contribution in [-0.4, -0.2) is 41.1 Å². The lowest BCUT2D eigenvalue weighted by Gasteiger charge is -2.55. The molecule has 2 aliphatic heterocycles. The fraction of sp³-hybridized carbons (Fsp3) is 0.556. The Morgan fingerprint density at radius 3 is 2.80 bits per heavy atom. The van der Waals surface area contributed by atoms with Gasteiger partial charge in [0.05, 0.1) is 0 Å². The van der Waals surface area contributed by atoms with E-state index in [4.69, 9.17) is 5.26 Å². The van der Waals surface area contributed by atoms with E-state index in [1.54, 1.807) is 0 Å². The Bertz CT molecular complexity index is 424. The first-order valence-electron chi connectivity index (χ1n) is 4.86. The highest BCUT2D eigenvalue weighted by Gasteiger charge is 2.48. The standard InChI is InChI=1S/C9H10N6/c10-1-7-12-6-13-8(14-7)15-4-9(5-15)2-11-3-9/h6,11H,2-5H2. The van der Waals surface area contributed by atoms with Gasteiger partial charge in [-0.2, -0.15) is 10.2 Å². The third kappa shape index (κ3) is 1.24. The minimum absolute atomic E-state index is 0.188. The summed E-state index contributed by atoms with van der Waals surface area (Å²) in [6.45, 7) is 4.13. The van der Waals surface area contributed by atoms with Crippen LogP contribution < -0.4 is 10.2 Å². The smallest absolute Gasteiger partial charge is 0.236 e. The summed E-state index contributed by atoms with van der Waals surface area (Å²) in [5.74, 6) is 0.812. The van der Waals surface area contributed by atoms with E-state index >= 15 is 0 Å². The molecule has 6 heteroatoms. The third-order valence-corrected chi connectivity index (χ3v) is 2.99. The Morgan fingerprint density at radius 2 is 2.20 bits per heavy atom. The van der Waals surface area contributed by atoms with Crippen molar-refractivity contribution >= 4 is 5.95 Å². The number of hydrogen-bond donors (Lipinski definition) is 1. The van der Waals surface area contributed by atoms with Gasteiger partial charge in [-0.05, 0) is 0 Å². The Morgan fingerprint density at radius 1 is 1.40 bits per heavy atom. The van der Waals surface area contributed by atoms with Gasteiger partial charge in [-0.15, -0.1) is 0 Å². The average molecular weight is 202 g/mol. The number of nitrogens with zero attached hydrogens (tertiary/aromatic N) is 5. The van der Waals surface area contributed by atoms with Crippen LogP contribution >= 0.6 is 0 Å². The summed E-state index contributed by atoms with van der Waals surface area (Å²) in [5, 5.41) is 11.9. The Labute approximate surface area is 87.0 Å². The fourth-order valence-corrected chi connectivity index (χ4v) is 2.10. The van der Waals surface area contributed by atoms with Crippen molar-refractivity contribution in [1.82, 2.24) is 20.3 Å². The normalized spacial score (nSPS) is 21.7. The van der Waals surface area contributed by atoms with Crippen LogP contribution in [-0.2, 0) is 0 Å². The maximum Gasteiger partial charge on any atom is 0.236 e. The minimum atomic E-state index is 0.188. The number of rotatable bonds is 1. The van der Waals surface area contributed by atoms with E-state index in [1.807, 2.05) is 6.07 Å². The zero-order valence-corrected chi connectivity index (χ0v) is 8.14. The molecule has 0 amide bonds. The molecule has 0 bridgehead atoms. The quantitative estimate of drug-likeness (QED) is 0.639. The predicted molar refractivity (Wildman–Crippen MR) is 52.1 cm³/mol. The van der Waals surface area contributed by atoms with Crippen LogP contribution in [0.25, 0.3) is 0 Å². The molecule has 1 aromatic heterocycles. The molecule has 2 fully saturated rings. The molecule has 1 N–H and O–H groups in total.